The highest BCUT2D eigenvalue weighted by atomic mass is 35.5. The second kappa shape index (κ2) is 6.84. The predicted octanol–water partition coefficient (Wildman–Crippen LogP) is 3.67. The molecule has 0 radical (unpaired) electrons. The largest absolute Gasteiger partial charge is 0.399 e. The molecule has 0 aliphatic heterocycles. The van der Waals surface area contributed by atoms with Gasteiger partial charge in [-0.25, -0.2) is 0 Å². The molecule has 1 amide bonds. The topological polar surface area (TPSA) is 55.1 Å². The fraction of sp³-hybridized carbons (Fsp3) is 0.278. The van der Waals surface area contributed by atoms with E-state index in [2.05, 4.69) is 23.5 Å². The van der Waals surface area contributed by atoms with Gasteiger partial charge in [0.05, 0.1) is 6.42 Å². The molecule has 2 aromatic carbocycles. The Hall–Kier alpha value is -2.00. The summed E-state index contributed by atoms with van der Waals surface area (Å²) in [5, 5.41) is 2.95. The van der Waals surface area contributed by atoms with Gasteiger partial charge < -0.3 is 11.1 Å². The smallest absolute Gasteiger partial charge is 0.228 e. The lowest BCUT2D eigenvalue weighted by Gasteiger charge is -2.10. The van der Waals surface area contributed by atoms with Crippen molar-refractivity contribution in [3.63, 3.8) is 0 Å². The van der Waals surface area contributed by atoms with Crippen LogP contribution in [0.1, 0.15) is 28.7 Å². The van der Waals surface area contributed by atoms with Crippen molar-refractivity contribution >= 4 is 29.7 Å². The van der Waals surface area contributed by atoms with Gasteiger partial charge in [0.25, 0.3) is 0 Å². The van der Waals surface area contributed by atoms with Gasteiger partial charge in [-0.2, -0.15) is 0 Å². The normalized spacial score (nSPS) is 12.4. The Morgan fingerprint density at radius 1 is 1.14 bits per heavy atom. The lowest BCUT2D eigenvalue weighted by Crippen LogP contribution is -2.15. The van der Waals surface area contributed by atoms with E-state index in [1.54, 1.807) is 6.07 Å². The van der Waals surface area contributed by atoms with Gasteiger partial charge >= 0.3 is 0 Å². The zero-order valence-corrected chi connectivity index (χ0v) is 13.5. The van der Waals surface area contributed by atoms with Crippen LogP contribution in [0.25, 0.3) is 0 Å². The number of aryl methyl sites for hydroxylation is 3. The quantitative estimate of drug-likeness (QED) is 0.849. The second-order valence-corrected chi connectivity index (χ2v) is 5.76. The molecular weight excluding hydrogens is 296 g/mol. The van der Waals surface area contributed by atoms with Crippen LogP contribution in [0.4, 0.5) is 11.4 Å². The van der Waals surface area contributed by atoms with Gasteiger partial charge in [0, 0.05) is 11.4 Å². The van der Waals surface area contributed by atoms with Crippen LogP contribution in [-0.4, -0.2) is 5.91 Å². The summed E-state index contributed by atoms with van der Waals surface area (Å²) < 4.78 is 0. The van der Waals surface area contributed by atoms with E-state index in [0.29, 0.717) is 12.1 Å². The van der Waals surface area contributed by atoms with Crippen LogP contribution < -0.4 is 11.1 Å². The third kappa shape index (κ3) is 3.60. The fourth-order valence-corrected chi connectivity index (χ4v) is 2.89. The SMILES string of the molecule is Cc1ccc(N)cc1NC(=O)Cc1ccc2c(c1)CCC2.Cl. The molecule has 0 saturated carbocycles. The molecule has 22 heavy (non-hydrogen) atoms. The van der Waals surface area contributed by atoms with Gasteiger partial charge in [-0.3, -0.25) is 4.79 Å². The summed E-state index contributed by atoms with van der Waals surface area (Å²) in [4.78, 5) is 12.2. The van der Waals surface area contributed by atoms with Crippen molar-refractivity contribution in [1.82, 2.24) is 0 Å². The molecule has 1 aliphatic carbocycles. The maximum atomic E-state index is 12.2. The highest BCUT2D eigenvalue weighted by molar-refractivity contribution is 5.93. The third-order valence-corrected chi connectivity index (χ3v) is 4.06. The summed E-state index contributed by atoms with van der Waals surface area (Å²) in [5.41, 5.74) is 12.2. The van der Waals surface area contributed by atoms with Crippen LogP contribution in [0.3, 0.4) is 0 Å². The summed E-state index contributed by atoms with van der Waals surface area (Å²) in [5.74, 6) is 0.00152. The number of nitrogen functional groups attached to an aromatic ring is 1. The molecule has 1 aliphatic rings. The number of anilines is 2. The summed E-state index contributed by atoms with van der Waals surface area (Å²) in [6.07, 6.45) is 3.94. The zero-order chi connectivity index (χ0) is 14.8. The first-order valence-corrected chi connectivity index (χ1v) is 7.38. The van der Waals surface area contributed by atoms with Crippen LogP contribution in [0, 0.1) is 6.92 Å². The van der Waals surface area contributed by atoms with E-state index >= 15 is 0 Å². The van der Waals surface area contributed by atoms with Gasteiger partial charge in [-0.15, -0.1) is 12.4 Å². The van der Waals surface area contributed by atoms with Crippen molar-refractivity contribution in [1.29, 1.82) is 0 Å². The van der Waals surface area contributed by atoms with E-state index in [4.69, 9.17) is 5.73 Å². The molecule has 0 spiro atoms. The van der Waals surface area contributed by atoms with Gasteiger partial charge in [-0.05, 0) is 60.6 Å². The highest BCUT2D eigenvalue weighted by Gasteiger charge is 2.12. The standard InChI is InChI=1S/C18H20N2O.ClH/c1-12-5-8-16(19)11-17(12)20-18(21)10-13-6-7-14-3-2-4-15(14)9-13;/h5-9,11H,2-4,10,19H2,1H3,(H,20,21);1H. The maximum Gasteiger partial charge on any atom is 0.228 e. The number of hydrogen-bond acceptors (Lipinski definition) is 2. The maximum absolute atomic E-state index is 12.2. The molecule has 0 fully saturated rings. The fourth-order valence-electron chi connectivity index (χ4n) is 2.89. The van der Waals surface area contributed by atoms with Crippen molar-refractivity contribution in [2.75, 3.05) is 11.1 Å². The van der Waals surface area contributed by atoms with E-state index in [-0.39, 0.29) is 18.3 Å². The van der Waals surface area contributed by atoms with Gasteiger partial charge in [-0.1, -0.05) is 24.3 Å². The molecule has 2 aromatic rings. The number of nitrogens with one attached hydrogen (secondary N) is 1. The number of halogens is 1. The number of nitrogens with two attached hydrogens (primary N) is 1. The lowest BCUT2D eigenvalue weighted by molar-refractivity contribution is -0.115. The Morgan fingerprint density at radius 2 is 1.91 bits per heavy atom. The Morgan fingerprint density at radius 3 is 2.73 bits per heavy atom. The van der Waals surface area contributed by atoms with Crippen LogP contribution in [-0.2, 0) is 24.1 Å². The van der Waals surface area contributed by atoms with Crippen molar-refractivity contribution in [3.8, 4) is 0 Å². The Balaban J connectivity index is 0.00000176. The van der Waals surface area contributed by atoms with E-state index in [1.807, 2.05) is 19.1 Å². The van der Waals surface area contributed by atoms with Crippen LogP contribution in [0.2, 0.25) is 0 Å². The van der Waals surface area contributed by atoms with Gasteiger partial charge in [0.1, 0.15) is 0 Å². The van der Waals surface area contributed by atoms with E-state index < -0.39 is 0 Å². The van der Waals surface area contributed by atoms with E-state index in [1.165, 1.54) is 24.0 Å². The van der Waals surface area contributed by atoms with Crippen molar-refractivity contribution in [2.45, 2.75) is 32.6 Å². The minimum absolute atomic E-state index is 0. The first kappa shape index (κ1) is 16.4. The number of fused-ring (bicyclic) bond motifs is 1. The molecule has 3 nitrogen and oxygen atoms in total. The number of carbonyl (C=O) groups is 1. The molecule has 0 heterocycles. The first-order valence-electron chi connectivity index (χ1n) is 7.38. The molecule has 0 bridgehead atoms. The number of benzene rings is 2. The first-order chi connectivity index (χ1) is 10.1. The average Bonchev–Trinajstić information content (AvgIpc) is 2.90. The Bertz CT molecular complexity index is 697. The molecule has 3 N–H and O–H groups in total. The molecule has 0 unspecified atom stereocenters. The summed E-state index contributed by atoms with van der Waals surface area (Å²) in [6, 6.07) is 12.0. The Labute approximate surface area is 137 Å². The molecular formula is C18H21ClN2O. The minimum Gasteiger partial charge on any atom is -0.399 e. The monoisotopic (exact) mass is 316 g/mol. The molecule has 0 atom stereocenters. The number of hydrogen-bond donors (Lipinski definition) is 2. The second-order valence-electron chi connectivity index (χ2n) is 5.76. The molecule has 0 aromatic heterocycles. The van der Waals surface area contributed by atoms with E-state index in [9.17, 15) is 4.79 Å². The van der Waals surface area contributed by atoms with Crippen molar-refractivity contribution in [3.05, 3.63) is 58.7 Å². The zero-order valence-electron chi connectivity index (χ0n) is 12.7. The highest BCUT2D eigenvalue weighted by Crippen LogP contribution is 2.23. The van der Waals surface area contributed by atoms with E-state index in [0.717, 1.165) is 23.2 Å². The van der Waals surface area contributed by atoms with Crippen LogP contribution in [0.15, 0.2) is 36.4 Å². The van der Waals surface area contributed by atoms with Crippen LogP contribution >= 0.6 is 12.4 Å². The number of rotatable bonds is 3. The summed E-state index contributed by atoms with van der Waals surface area (Å²) in [6.45, 7) is 1.96. The summed E-state index contributed by atoms with van der Waals surface area (Å²) in [7, 11) is 0. The average molecular weight is 317 g/mol. The molecule has 4 heteroatoms. The Kier molecular flexibility index (Phi) is 5.09. The van der Waals surface area contributed by atoms with Crippen molar-refractivity contribution < 1.29 is 4.79 Å². The lowest BCUT2D eigenvalue weighted by atomic mass is 10.0. The molecule has 3 rings (SSSR count). The predicted molar refractivity (Wildman–Crippen MR) is 93.6 cm³/mol. The minimum atomic E-state index is 0. The third-order valence-electron chi connectivity index (χ3n) is 4.06. The number of amides is 1. The van der Waals surface area contributed by atoms with Gasteiger partial charge in [0.2, 0.25) is 5.91 Å². The van der Waals surface area contributed by atoms with Crippen LogP contribution in [0.5, 0.6) is 0 Å². The van der Waals surface area contributed by atoms with Gasteiger partial charge in [0.15, 0.2) is 0 Å². The molecule has 0 saturated heterocycles. The molecule has 116 valence electrons. The number of carbonyl (C=O) groups excluding carboxylic acids is 1. The summed E-state index contributed by atoms with van der Waals surface area (Å²) >= 11 is 0. The van der Waals surface area contributed by atoms with Crippen molar-refractivity contribution in [2.24, 2.45) is 0 Å².